The van der Waals surface area contributed by atoms with E-state index in [0.29, 0.717) is 24.2 Å². The van der Waals surface area contributed by atoms with Crippen molar-refractivity contribution in [2.75, 3.05) is 7.05 Å². The first-order valence-corrected chi connectivity index (χ1v) is 8.03. The molecule has 0 unspecified atom stereocenters. The van der Waals surface area contributed by atoms with Crippen molar-refractivity contribution in [1.29, 1.82) is 0 Å². The summed E-state index contributed by atoms with van der Waals surface area (Å²) in [5, 5.41) is 3.40. The molecule has 0 spiro atoms. The number of fused-ring (bicyclic) bond motifs is 1. The van der Waals surface area contributed by atoms with Crippen molar-refractivity contribution in [3.05, 3.63) is 71.3 Å². The lowest BCUT2D eigenvalue weighted by molar-refractivity contribution is -0.121. The minimum absolute atomic E-state index is 0.0255. The molecule has 22 heavy (non-hydrogen) atoms. The molecular weight excluding hydrogens is 270 g/mol. The fraction of sp³-hybridized carbons (Fsp3) is 0.350. The number of carbonyl (C=O) groups excluding carboxylic acids is 1. The van der Waals surface area contributed by atoms with Gasteiger partial charge in [0.25, 0.3) is 0 Å². The van der Waals surface area contributed by atoms with Crippen LogP contribution in [0.1, 0.15) is 42.0 Å². The molecule has 0 aliphatic heterocycles. The quantitative estimate of drug-likeness (QED) is 0.906. The van der Waals surface area contributed by atoms with Crippen LogP contribution in [-0.2, 0) is 11.2 Å². The van der Waals surface area contributed by atoms with Gasteiger partial charge >= 0.3 is 0 Å². The van der Waals surface area contributed by atoms with E-state index >= 15 is 0 Å². The zero-order valence-electron chi connectivity index (χ0n) is 13.3. The van der Waals surface area contributed by atoms with E-state index in [0.717, 1.165) is 12.0 Å². The summed E-state index contributed by atoms with van der Waals surface area (Å²) in [6.45, 7) is 2.02. The molecule has 1 aliphatic carbocycles. The number of ketones is 1. The average molecular weight is 293 g/mol. The van der Waals surface area contributed by atoms with Gasteiger partial charge in [-0.1, -0.05) is 61.5 Å². The van der Waals surface area contributed by atoms with Crippen LogP contribution < -0.4 is 5.32 Å². The molecule has 0 aromatic heterocycles. The summed E-state index contributed by atoms with van der Waals surface area (Å²) in [6, 6.07) is 18.9. The summed E-state index contributed by atoms with van der Waals surface area (Å²) in [6.07, 6.45) is 1.63. The van der Waals surface area contributed by atoms with E-state index in [1.807, 2.05) is 44.3 Å². The van der Waals surface area contributed by atoms with Crippen LogP contribution in [0.2, 0.25) is 0 Å². The van der Waals surface area contributed by atoms with Crippen molar-refractivity contribution in [1.82, 2.24) is 5.32 Å². The molecule has 0 radical (unpaired) electrons. The van der Waals surface area contributed by atoms with Crippen LogP contribution in [0.4, 0.5) is 0 Å². The van der Waals surface area contributed by atoms with Crippen LogP contribution in [0.5, 0.6) is 0 Å². The van der Waals surface area contributed by atoms with Gasteiger partial charge in [0.15, 0.2) is 0 Å². The van der Waals surface area contributed by atoms with Crippen molar-refractivity contribution >= 4 is 5.78 Å². The second kappa shape index (κ2) is 6.45. The Morgan fingerprint density at radius 2 is 1.82 bits per heavy atom. The van der Waals surface area contributed by atoms with Gasteiger partial charge in [0.1, 0.15) is 5.78 Å². The third-order valence-electron chi connectivity index (χ3n) is 4.90. The average Bonchev–Trinajstić information content (AvgIpc) is 2.91. The fourth-order valence-corrected chi connectivity index (χ4v) is 3.62. The van der Waals surface area contributed by atoms with Crippen molar-refractivity contribution in [2.45, 2.75) is 31.7 Å². The molecule has 2 nitrogen and oxygen atoms in total. The standard InChI is InChI=1S/C20H23NO/c1-14(15-8-4-3-5-9-15)19(22)13-17-12-16-10-6-7-11-18(16)20(17)21-2/h3-11,14,17,20-21H,12-13H2,1-2H3/t14-,17+,20+/m0/s1. The minimum Gasteiger partial charge on any atom is -0.313 e. The summed E-state index contributed by atoms with van der Waals surface area (Å²) in [4.78, 5) is 12.7. The smallest absolute Gasteiger partial charge is 0.140 e. The van der Waals surface area contributed by atoms with E-state index < -0.39 is 0 Å². The van der Waals surface area contributed by atoms with Gasteiger partial charge in [-0.2, -0.15) is 0 Å². The van der Waals surface area contributed by atoms with Crippen LogP contribution in [0.25, 0.3) is 0 Å². The maximum atomic E-state index is 12.7. The maximum Gasteiger partial charge on any atom is 0.140 e. The number of rotatable bonds is 5. The van der Waals surface area contributed by atoms with Crippen molar-refractivity contribution in [3.8, 4) is 0 Å². The van der Waals surface area contributed by atoms with Gasteiger partial charge in [-0.05, 0) is 36.1 Å². The Hall–Kier alpha value is -1.93. The van der Waals surface area contributed by atoms with Gasteiger partial charge in [-0.15, -0.1) is 0 Å². The van der Waals surface area contributed by atoms with E-state index in [1.54, 1.807) is 0 Å². The van der Waals surface area contributed by atoms with Gasteiger partial charge in [0.2, 0.25) is 0 Å². The van der Waals surface area contributed by atoms with Crippen LogP contribution >= 0.6 is 0 Å². The normalized spacial score (nSPS) is 21.4. The van der Waals surface area contributed by atoms with Gasteiger partial charge in [-0.3, -0.25) is 4.79 Å². The molecular formula is C20H23NO. The molecule has 3 atom stereocenters. The van der Waals surface area contributed by atoms with E-state index in [-0.39, 0.29) is 5.92 Å². The summed E-state index contributed by atoms with van der Waals surface area (Å²) in [5.41, 5.74) is 3.85. The van der Waals surface area contributed by atoms with E-state index in [9.17, 15) is 4.79 Å². The van der Waals surface area contributed by atoms with Crippen LogP contribution in [0.3, 0.4) is 0 Å². The molecule has 2 heteroatoms. The molecule has 2 aromatic carbocycles. The molecule has 2 aromatic rings. The first-order chi connectivity index (χ1) is 10.7. The number of carbonyl (C=O) groups is 1. The van der Waals surface area contributed by atoms with Crippen molar-refractivity contribution in [3.63, 3.8) is 0 Å². The van der Waals surface area contributed by atoms with E-state index in [1.165, 1.54) is 11.1 Å². The maximum absolute atomic E-state index is 12.7. The number of nitrogens with one attached hydrogen (secondary N) is 1. The monoisotopic (exact) mass is 293 g/mol. The Balaban J connectivity index is 1.73. The van der Waals surface area contributed by atoms with E-state index in [4.69, 9.17) is 0 Å². The molecule has 3 rings (SSSR count). The second-order valence-corrected chi connectivity index (χ2v) is 6.23. The van der Waals surface area contributed by atoms with Gasteiger partial charge in [0.05, 0.1) is 0 Å². The van der Waals surface area contributed by atoms with Gasteiger partial charge < -0.3 is 5.32 Å². The third-order valence-corrected chi connectivity index (χ3v) is 4.90. The second-order valence-electron chi connectivity index (χ2n) is 6.23. The Morgan fingerprint density at radius 1 is 1.14 bits per heavy atom. The van der Waals surface area contributed by atoms with Crippen molar-refractivity contribution in [2.24, 2.45) is 5.92 Å². The third kappa shape index (κ3) is 2.84. The Bertz CT molecular complexity index is 650. The highest BCUT2D eigenvalue weighted by atomic mass is 16.1. The van der Waals surface area contributed by atoms with Crippen LogP contribution in [0.15, 0.2) is 54.6 Å². The molecule has 0 saturated carbocycles. The zero-order valence-corrected chi connectivity index (χ0v) is 13.3. The number of Topliss-reactive ketones (excluding diaryl/α,β-unsaturated/α-hetero) is 1. The minimum atomic E-state index is -0.0255. The lowest BCUT2D eigenvalue weighted by atomic mass is 9.87. The number of hydrogen-bond donors (Lipinski definition) is 1. The number of benzene rings is 2. The first kappa shape index (κ1) is 15.0. The summed E-state index contributed by atoms with van der Waals surface area (Å²) in [5.74, 6) is 0.674. The number of hydrogen-bond acceptors (Lipinski definition) is 2. The largest absolute Gasteiger partial charge is 0.313 e. The highest BCUT2D eigenvalue weighted by Crippen LogP contribution is 2.38. The molecule has 0 saturated heterocycles. The molecule has 114 valence electrons. The Kier molecular flexibility index (Phi) is 4.39. The molecule has 1 aliphatic rings. The first-order valence-electron chi connectivity index (χ1n) is 8.03. The SMILES string of the molecule is CN[C@H]1c2ccccc2C[C@@H]1CC(=O)[C@@H](C)c1ccccc1. The van der Waals surface area contributed by atoms with Gasteiger partial charge in [-0.25, -0.2) is 0 Å². The summed E-state index contributed by atoms with van der Waals surface area (Å²) in [7, 11) is 1.99. The van der Waals surface area contributed by atoms with Crippen LogP contribution in [0, 0.1) is 5.92 Å². The zero-order chi connectivity index (χ0) is 15.5. The predicted molar refractivity (Wildman–Crippen MR) is 89.9 cm³/mol. The van der Waals surface area contributed by atoms with Crippen molar-refractivity contribution < 1.29 is 4.79 Å². The fourth-order valence-electron chi connectivity index (χ4n) is 3.62. The van der Waals surface area contributed by atoms with E-state index in [2.05, 4.69) is 29.6 Å². The molecule has 0 amide bonds. The molecule has 0 heterocycles. The predicted octanol–water partition coefficient (Wildman–Crippen LogP) is 3.88. The summed E-state index contributed by atoms with van der Waals surface area (Å²) >= 11 is 0. The lowest BCUT2D eigenvalue weighted by Gasteiger charge is -2.21. The molecule has 1 N–H and O–H groups in total. The lowest BCUT2D eigenvalue weighted by Crippen LogP contribution is -2.25. The summed E-state index contributed by atoms with van der Waals surface area (Å²) < 4.78 is 0. The topological polar surface area (TPSA) is 29.1 Å². The van der Waals surface area contributed by atoms with Gasteiger partial charge in [0, 0.05) is 18.4 Å². The Morgan fingerprint density at radius 3 is 2.55 bits per heavy atom. The molecule has 0 bridgehead atoms. The molecule has 0 fully saturated rings. The highest BCUT2D eigenvalue weighted by Gasteiger charge is 2.33. The highest BCUT2D eigenvalue weighted by molar-refractivity contribution is 5.85. The van der Waals surface area contributed by atoms with Crippen LogP contribution in [-0.4, -0.2) is 12.8 Å². The Labute approximate surface area is 132 Å².